The van der Waals surface area contributed by atoms with Crippen LogP contribution in [0.3, 0.4) is 0 Å². The number of amides is 1. The van der Waals surface area contributed by atoms with Gasteiger partial charge >= 0.3 is 5.91 Å². The summed E-state index contributed by atoms with van der Waals surface area (Å²) in [5, 5.41) is 0.980. The number of benzene rings is 1. The predicted octanol–water partition coefficient (Wildman–Crippen LogP) is 1.63. The standard InChI is InChI=1S/C14H17N3O2/c1-17(9-6-7-9)8-11-10-4-2-3-5-12(10)19-13(11)14(18)16-15/h2-5,9H,6-8,15H2,1H3,(H,16,18). The van der Waals surface area contributed by atoms with Crippen molar-refractivity contribution >= 4 is 16.9 Å². The molecule has 1 saturated carbocycles. The van der Waals surface area contributed by atoms with Crippen LogP contribution in [-0.4, -0.2) is 23.9 Å². The summed E-state index contributed by atoms with van der Waals surface area (Å²) in [6.45, 7) is 0.699. The lowest BCUT2D eigenvalue weighted by Crippen LogP contribution is -2.31. The van der Waals surface area contributed by atoms with Crippen molar-refractivity contribution < 1.29 is 9.21 Å². The predicted molar refractivity (Wildman–Crippen MR) is 72.4 cm³/mol. The Kier molecular flexibility index (Phi) is 3.00. The number of hydrogen-bond donors (Lipinski definition) is 2. The Balaban J connectivity index is 2.04. The van der Waals surface area contributed by atoms with Gasteiger partial charge in [-0.1, -0.05) is 18.2 Å². The molecule has 5 nitrogen and oxygen atoms in total. The van der Waals surface area contributed by atoms with Crippen molar-refractivity contribution in [2.45, 2.75) is 25.4 Å². The van der Waals surface area contributed by atoms with E-state index in [1.54, 1.807) is 0 Å². The number of carbonyl (C=O) groups excluding carboxylic acids is 1. The van der Waals surface area contributed by atoms with Crippen LogP contribution >= 0.6 is 0 Å². The van der Waals surface area contributed by atoms with E-state index in [9.17, 15) is 4.79 Å². The molecule has 3 N–H and O–H groups in total. The van der Waals surface area contributed by atoms with Crippen LogP contribution in [0.4, 0.5) is 0 Å². The van der Waals surface area contributed by atoms with Gasteiger partial charge in [-0.05, 0) is 26.0 Å². The second-order valence-corrected chi connectivity index (χ2v) is 5.03. The minimum atomic E-state index is -0.379. The Morgan fingerprint density at radius 1 is 1.47 bits per heavy atom. The molecule has 1 aromatic heterocycles. The molecule has 0 aliphatic heterocycles. The van der Waals surface area contributed by atoms with Crippen molar-refractivity contribution in [3.63, 3.8) is 0 Å². The highest BCUT2D eigenvalue weighted by Crippen LogP contribution is 2.31. The SMILES string of the molecule is CN(Cc1c(C(=O)NN)oc2ccccc12)C1CC1. The molecule has 2 aromatic rings. The average Bonchev–Trinajstić information content (AvgIpc) is 3.22. The van der Waals surface area contributed by atoms with Crippen molar-refractivity contribution in [2.24, 2.45) is 5.84 Å². The first-order chi connectivity index (χ1) is 9.20. The first-order valence-corrected chi connectivity index (χ1v) is 6.42. The lowest BCUT2D eigenvalue weighted by Gasteiger charge is -2.15. The Bertz CT molecular complexity index is 616. The summed E-state index contributed by atoms with van der Waals surface area (Å²) in [5.74, 6) is 5.16. The zero-order valence-electron chi connectivity index (χ0n) is 10.8. The Labute approximate surface area is 111 Å². The van der Waals surface area contributed by atoms with E-state index in [0.717, 1.165) is 16.5 Å². The fourth-order valence-corrected chi connectivity index (χ4v) is 2.40. The van der Waals surface area contributed by atoms with E-state index in [0.29, 0.717) is 18.3 Å². The number of furan rings is 1. The van der Waals surface area contributed by atoms with E-state index in [1.165, 1.54) is 12.8 Å². The zero-order valence-corrected chi connectivity index (χ0v) is 10.8. The van der Waals surface area contributed by atoms with Crippen LogP contribution in [0.25, 0.3) is 11.0 Å². The second kappa shape index (κ2) is 4.68. The van der Waals surface area contributed by atoms with Gasteiger partial charge in [0.25, 0.3) is 0 Å². The quantitative estimate of drug-likeness (QED) is 0.497. The minimum absolute atomic E-state index is 0.316. The molecule has 1 amide bonds. The van der Waals surface area contributed by atoms with E-state index in [2.05, 4.69) is 17.4 Å². The monoisotopic (exact) mass is 259 g/mol. The Hall–Kier alpha value is -1.85. The van der Waals surface area contributed by atoms with Gasteiger partial charge in [0.1, 0.15) is 5.58 Å². The van der Waals surface area contributed by atoms with Crippen LogP contribution in [0.15, 0.2) is 28.7 Å². The van der Waals surface area contributed by atoms with E-state index < -0.39 is 0 Å². The van der Waals surface area contributed by atoms with E-state index >= 15 is 0 Å². The number of para-hydroxylation sites is 1. The van der Waals surface area contributed by atoms with Crippen LogP contribution in [-0.2, 0) is 6.54 Å². The molecule has 1 fully saturated rings. The molecule has 0 saturated heterocycles. The van der Waals surface area contributed by atoms with Crippen LogP contribution in [0.5, 0.6) is 0 Å². The fourth-order valence-electron chi connectivity index (χ4n) is 2.40. The number of nitrogens with two attached hydrogens (primary N) is 1. The van der Waals surface area contributed by atoms with Gasteiger partial charge in [0, 0.05) is 23.5 Å². The molecule has 5 heteroatoms. The summed E-state index contributed by atoms with van der Waals surface area (Å²) >= 11 is 0. The summed E-state index contributed by atoms with van der Waals surface area (Å²) in [5.41, 5.74) is 3.78. The molecule has 1 aliphatic rings. The number of nitrogens with one attached hydrogen (secondary N) is 1. The molecule has 0 unspecified atom stereocenters. The van der Waals surface area contributed by atoms with Gasteiger partial charge in [0.15, 0.2) is 5.76 Å². The van der Waals surface area contributed by atoms with Gasteiger partial charge in [-0.15, -0.1) is 0 Å². The molecule has 19 heavy (non-hydrogen) atoms. The normalized spacial score (nSPS) is 15.1. The molecule has 1 heterocycles. The minimum Gasteiger partial charge on any atom is -0.451 e. The number of carbonyl (C=O) groups is 1. The van der Waals surface area contributed by atoms with Gasteiger partial charge in [0.05, 0.1) is 0 Å². The lowest BCUT2D eigenvalue weighted by molar-refractivity contribution is 0.0925. The number of hydrazine groups is 1. The van der Waals surface area contributed by atoms with Gasteiger partial charge in [-0.2, -0.15) is 0 Å². The molecular formula is C14H17N3O2. The fraction of sp³-hybridized carbons (Fsp3) is 0.357. The van der Waals surface area contributed by atoms with Gasteiger partial charge < -0.3 is 4.42 Å². The van der Waals surface area contributed by atoms with Crippen LogP contribution in [0.1, 0.15) is 29.0 Å². The third-order valence-electron chi connectivity index (χ3n) is 3.61. The van der Waals surface area contributed by atoms with Crippen molar-refractivity contribution in [1.82, 2.24) is 10.3 Å². The molecule has 100 valence electrons. The molecule has 0 atom stereocenters. The number of fused-ring (bicyclic) bond motifs is 1. The number of nitrogen functional groups attached to an aromatic ring is 1. The van der Waals surface area contributed by atoms with E-state index in [1.807, 2.05) is 24.3 Å². The number of nitrogens with zero attached hydrogens (tertiary/aromatic N) is 1. The summed E-state index contributed by atoms with van der Waals surface area (Å²) < 4.78 is 5.63. The highest BCUT2D eigenvalue weighted by Gasteiger charge is 2.28. The van der Waals surface area contributed by atoms with Crippen molar-refractivity contribution in [1.29, 1.82) is 0 Å². The maximum atomic E-state index is 11.8. The third kappa shape index (κ3) is 2.22. The van der Waals surface area contributed by atoms with Crippen LogP contribution in [0.2, 0.25) is 0 Å². The maximum absolute atomic E-state index is 11.8. The first kappa shape index (κ1) is 12.2. The topological polar surface area (TPSA) is 71.5 Å². The highest BCUT2D eigenvalue weighted by molar-refractivity contribution is 5.98. The number of rotatable bonds is 4. The smallest absolute Gasteiger partial charge is 0.301 e. The van der Waals surface area contributed by atoms with E-state index in [-0.39, 0.29) is 5.91 Å². The maximum Gasteiger partial charge on any atom is 0.301 e. The number of hydrogen-bond acceptors (Lipinski definition) is 4. The summed E-state index contributed by atoms with van der Waals surface area (Å²) in [6.07, 6.45) is 2.45. The molecule has 0 bridgehead atoms. The Morgan fingerprint density at radius 3 is 2.89 bits per heavy atom. The molecule has 3 rings (SSSR count). The summed E-state index contributed by atoms with van der Waals surface area (Å²) in [6, 6.07) is 8.31. The highest BCUT2D eigenvalue weighted by atomic mass is 16.3. The van der Waals surface area contributed by atoms with Crippen molar-refractivity contribution in [3.8, 4) is 0 Å². The lowest BCUT2D eigenvalue weighted by atomic mass is 10.1. The average molecular weight is 259 g/mol. The molecule has 1 aliphatic carbocycles. The summed E-state index contributed by atoms with van der Waals surface area (Å²) in [7, 11) is 2.07. The van der Waals surface area contributed by atoms with Crippen LogP contribution < -0.4 is 11.3 Å². The molecule has 1 aromatic carbocycles. The van der Waals surface area contributed by atoms with Crippen LogP contribution in [0, 0.1) is 0 Å². The first-order valence-electron chi connectivity index (χ1n) is 6.42. The van der Waals surface area contributed by atoms with Crippen molar-refractivity contribution in [2.75, 3.05) is 7.05 Å². The largest absolute Gasteiger partial charge is 0.451 e. The van der Waals surface area contributed by atoms with E-state index in [4.69, 9.17) is 10.3 Å². The third-order valence-corrected chi connectivity index (χ3v) is 3.61. The summed E-state index contributed by atoms with van der Waals surface area (Å²) in [4.78, 5) is 14.1. The van der Waals surface area contributed by atoms with Crippen molar-refractivity contribution in [3.05, 3.63) is 35.6 Å². The van der Waals surface area contributed by atoms with Gasteiger partial charge in [-0.3, -0.25) is 15.1 Å². The second-order valence-electron chi connectivity index (χ2n) is 5.03. The molecular weight excluding hydrogens is 242 g/mol. The van der Waals surface area contributed by atoms with Gasteiger partial charge in [-0.25, -0.2) is 5.84 Å². The Morgan fingerprint density at radius 2 is 2.21 bits per heavy atom. The molecule has 0 radical (unpaired) electrons. The zero-order chi connectivity index (χ0) is 13.4. The molecule has 0 spiro atoms. The van der Waals surface area contributed by atoms with Gasteiger partial charge in [0.2, 0.25) is 0 Å².